The number of benzene rings is 1. The van der Waals surface area contributed by atoms with E-state index in [2.05, 4.69) is 31.9 Å². The van der Waals surface area contributed by atoms with Crippen molar-refractivity contribution in [1.82, 2.24) is 0 Å². The van der Waals surface area contributed by atoms with Crippen LogP contribution in [-0.4, -0.2) is 21.3 Å². The Kier molecular flexibility index (Phi) is 5.05. The summed E-state index contributed by atoms with van der Waals surface area (Å²) in [7, 11) is 4.81. The van der Waals surface area contributed by atoms with Crippen molar-refractivity contribution in [2.75, 3.05) is 21.3 Å². The Bertz CT molecular complexity index is 314. The summed E-state index contributed by atoms with van der Waals surface area (Å²) in [5, 5.41) is 0. The summed E-state index contributed by atoms with van der Waals surface area (Å²) in [5.74, 6) is 0.767. The van der Waals surface area contributed by atoms with Crippen molar-refractivity contribution in [3.8, 4) is 5.75 Å². The lowest BCUT2D eigenvalue weighted by molar-refractivity contribution is -0.106. The first-order chi connectivity index (χ1) is 7.13. The van der Waals surface area contributed by atoms with Gasteiger partial charge in [0, 0.05) is 28.7 Å². The van der Waals surface area contributed by atoms with Crippen LogP contribution in [0, 0.1) is 0 Å². The zero-order chi connectivity index (χ0) is 11.4. The Hall–Kier alpha value is -0.100. The van der Waals surface area contributed by atoms with E-state index < -0.39 is 6.29 Å². The molecule has 0 amide bonds. The van der Waals surface area contributed by atoms with E-state index in [1.165, 1.54) is 0 Å². The molecule has 84 valence electrons. The van der Waals surface area contributed by atoms with Crippen LogP contribution in [0.5, 0.6) is 5.75 Å². The van der Waals surface area contributed by atoms with Gasteiger partial charge in [0.2, 0.25) is 0 Å². The van der Waals surface area contributed by atoms with Crippen LogP contribution in [0.4, 0.5) is 0 Å². The number of hydrogen-bond donors (Lipinski definition) is 0. The Balaban J connectivity index is 3.18. The number of methoxy groups -OCH3 is 3. The molecule has 0 radical (unpaired) electrons. The highest BCUT2D eigenvalue weighted by molar-refractivity contribution is 9.11. The molecule has 3 nitrogen and oxygen atoms in total. The highest BCUT2D eigenvalue weighted by atomic mass is 79.9. The normalized spacial score (nSPS) is 10.8. The summed E-state index contributed by atoms with van der Waals surface area (Å²) >= 11 is 6.90. The maximum Gasteiger partial charge on any atom is 0.185 e. The van der Waals surface area contributed by atoms with Gasteiger partial charge >= 0.3 is 0 Å². The highest BCUT2D eigenvalue weighted by Crippen LogP contribution is 2.36. The monoisotopic (exact) mass is 338 g/mol. The minimum atomic E-state index is -0.403. The van der Waals surface area contributed by atoms with Crippen LogP contribution >= 0.6 is 31.9 Å². The zero-order valence-electron chi connectivity index (χ0n) is 8.71. The molecule has 0 bridgehead atoms. The SMILES string of the molecule is COc1cc(Br)c(C(OC)OC)c(Br)c1. The van der Waals surface area contributed by atoms with Crippen LogP contribution in [0.25, 0.3) is 0 Å². The first kappa shape index (κ1) is 13.0. The molecule has 0 aliphatic heterocycles. The van der Waals surface area contributed by atoms with E-state index in [-0.39, 0.29) is 0 Å². The molecule has 0 saturated heterocycles. The molecule has 1 aromatic rings. The molecule has 5 heteroatoms. The van der Waals surface area contributed by atoms with Gasteiger partial charge in [0.1, 0.15) is 5.75 Å². The predicted octanol–water partition coefficient (Wildman–Crippen LogP) is 3.51. The van der Waals surface area contributed by atoms with Gasteiger partial charge in [-0.2, -0.15) is 0 Å². The Morgan fingerprint density at radius 1 is 1.00 bits per heavy atom. The second-order valence-corrected chi connectivity index (χ2v) is 4.52. The van der Waals surface area contributed by atoms with Gasteiger partial charge in [-0.25, -0.2) is 0 Å². The smallest absolute Gasteiger partial charge is 0.185 e. The third kappa shape index (κ3) is 2.93. The summed E-state index contributed by atoms with van der Waals surface area (Å²) in [6.45, 7) is 0. The van der Waals surface area contributed by atoms with Gasteiger partial charge in [0.15, 0.2) is 6.29 Å². The largest absolute Gasteiger partial charge is 0.497 e. The third-order valence-electron chi connectivity index (χ3n) is 1.95. The first-order valence-corrected chi connectivity index (χ1v) is 5.81. The van der Waals surface area contributed by atoms with E-state index in [0.29, 0.717) is 0 Å². The van der Waals surface area contributed by atoms with Crippen molar-refractivity contribution in [2.24, 2.45) is 0 Å². The summed E-state index contributed by atoms with van der Waals surface area (Å²) in [6.07, 6.45) is -0.403. The van der Waals surface area contributed by atoms with Crippen LogP contribution in [0.2, 0.25) is 0 Å². The van der Waals surface area contributed by atoms with Crippen molar-refractivity contribution < 1.29 is 14.2 Å². The minimum Gasteiger partial charge on any atom is -0.497 e. The van der Waals surface area contributed by atoms with E-state index in [0.717, 1.165) is 20.3 Å². The lowest BCUT2D eigenvalue weighted by Gasteiger charge is -2.17. The molecule has 0 spiro atoms. The number of hydrogen-bond acceptors (Lipinski definition) is 3. The molecule has 0 heterocycles. The highest BCUT2D eigenvalue weighted by Gasteiger charge is 2.17. The minimum absolute atomic E-state index is 0.403. The molecular weight excluding hydrogens is 328 g/mol. The van der Waals surface area contributed by atoms with E-state index in [9.17, 15) is 0 Å². The maximum atomic E-state index is 5.20. The van der Waals surface area contributed by atoms with Crippen molar-refractivity contribution in [2.45, 2.75) is 6.29 Å². The van der Waals surface area contributed by atoms with Gasteiger partial charge in [0.25, 0.3) is 0 Å². The molecule has 1 aromatic carbocycles. The molecule has 0 atom stereocenters. The molecule has 0 N–H and O–H groups in total. The van der Waals surface area contributed by atoms with Crippen molar-refractivity contribution in [3.63, 3.8) is 0 Å². The molecular formula is C10H12Br2O3. The second kappa shape index (κ2) is 5.84. The van der Waals surface area contributed by atoms with Gasteiger partial charge < -0.3 is 14.2 Å². The van der Waals surface area contributed by atoms with Crippen molar-refractivity contribution in [1.29, 1.82) is 0 Å². The quantitative estimate of drug-likeness (QED) is 0.786. The Morgan fingerprint density at radius 2 is 1.47 bits per heavy atom. The average Bonchev–Trinajstić information content (AvgIpc) is 2.23. The third-order valence-corrected chi connectivity index (χ3v) is 3.26. The van der Waals surface area contributed by atoms with Crippen LogP contribution in [-0.2, 0) is 9.47 Å². The van der Waals surface area contributed by atoms with E-state index >= 15 is 0 Å². The predicted molar refractivity (Wildman–Crippen MR) is 65.2 cm³/mol. The van der Waals surface area contributed by atoms with E-state index in [1.807, 2.05) is 12.1 Å². The Labute approximate surface area is 106 Å². The fourth-order valence-corrected chi connectivity index (χ4v) is 2.75. The second-order valence-electron chi connectivity index (χ2n) is 2.81. The lowest BCUT2D eigenvalue weighted by Crippen LogP contribution is -2.05. The number of ether oxygens (including phenoxy) is 3. The maximum absolute atomic E-state index is 5.20. The van der Waals surface area contributed by atoms with Gasteiger partial charge in [-0.1, -0.05) is 31.9 Å². The van der Waals surface area contributed by atoms with Gasteiger partial charge in [-0.15, -0.1) is 0 Å². The summed E-state index contributed by atoms with van der Waals surface area (Å²) < 4.78 is 17.3. The topological polar surface area (TPSA) is 27.7 Å². The van der Waals surface area contributed by atoms with Crippen molar-refractivity contribution >= 4 is 31.9 Å². The standard InChI is InChI=1S/C10H12Br2O3/c1-13-6-4-7(11)9(8(12)5-6)10(14-2)15-3/h4-5,10H,1-3H3. The van der Waals surface area contributed by atoms with Gasteiger partial charge in [-0.3, -0.25) is 0 Å². The van der Waals surface area contributed by atoms with E-state index in [1.54, 1.807) is 21.3 Å². The van der Waals surface area contributed by atoms with E-state index in [4.69, 9.17) is 14.2 Å². The number of halogens is 2. The Morgan fingerprint density at radius 3 is 1.80 bits per heavy atom. The van der Waals surface area contributed by atoms with Gasteiger partial charge in [-0.05, 0) is 12.1 Å². The molecule has 1 rings (SSSR count). The summed E-state index contributed by atoms with van der Waals surface area (Å²) in [4.78, 5) is 0. The molecule has 0 saturated carbocycles. The molecule has 15 heavy (non-hydrogen) atoms. The fraction of sp³-hybridized carbons (Fsp3) is 0.400. The number of rotatable bonds is 4. The van der Waals surface area contributed by atoms with Crippen LogP contribution in [0.15, 0.2) is 21.1 Å². The molecule has 0 aliphatic carbocycles. The molecule has 0 unspecified atom stereocenters. The molecule has 0 aromatic heterocycles. The summed E-state index contributed by atoms with van der Waals surface area (Å²) in [6, 6.07) is 3.73. The van der Waals surface area contributed by atoms with Crippen LogP contribution in [0.3, 0.4) is 0 Å². The average molecular weight is 340 g/mol. The van der Waals surface area contributed by atoms with Crippen molar-refractivity contribution in [3.05, 3.63) is 26.6 Å². The van der Waals surface area contributed by atoms with Crippen LogP contribution in [0.1, 0.15) is 11.9 Å². The first-order valence-electron chi connectivity index (χ1n) is 4.22. The summed E-state index contributed by atoms with van der Waals surface area (Å²) in [5.41, 5.74) is 0.904. The van der Waals surface area contributed by atoms with Gasteiger partial charge in [0.05, 0.1) is 7.11 Å². The molecule has 0 fully saturated rings. The zero-order valence-corrected chi connectivity index (χ0v) is 11.9. The molecule has 0 aliphatic rings. The fourth-order valence-electron chi connectivity index (χ4n) is 1.24. The van der Waals surface area contributed by atoms with Crippen LogP contribution < -0.4 is 4.74 Å². The lowest BCUT2D eigenvalue weighted by atomic mass is 10.2.